The summed E-state index contributed by atoms with van der Waals surface area (Å²) in [6.45, 7) is -0.436. The molecule has 2 amide bonds. The number of carbonyl (C=O) groups is 4. The summed E-state index contributed by atoms with van der Waals surface area (Å²) in [5.74, 6) is -2.89. The van der Waals surface area contributed by atoms with Crippen LogP contribution in [0.1, 0.15) is 58.6 Å². The maximum atomic E-state index is 14.8. The number of piperidine rings is 3. The number of rotatable bonds is 15. The molecule has 4 saturated heterocycles. The van der Waals surface area contributed by atoms with Gasteiger partial charge in [-0.15, -0.1) is 11.8 Å². The zero-order valence-corrected chi connectivity index (χ0v) is 36.7. The number of halogens is 4. The average molecular weight is 944 g/mol. The zero-order chi connectivity index (χ0) is 45.5. The molecule has 64 heavy (non-hydrogen) atoms. The highest BCUT2D eigenvalue weighted by molar-refractivity contribution is 8.01. The summed E-state index contributed by atoms with van der Waals surface area (Å²) in [7, 11) is 0. The lowest BCUT2D eigenvalue weighted by Crippen LogP contribution is -2.60. The van der Waals surface area contributed by atoms with Crippen LogP contribution in [-0.4, -0.2) is 101 Å². The van der Waals surface area contributed by atoms with Crippen LogP contribution in [0.4, 0.5) is 19.3 Å². The number of aliphatic carboxylic acids is 1. The van der Waals surface area contributed by atoms with Gasteiger partial charge in [-0.25, -0.2) is 4.79 Å². The molecule has 5 heterocycles. The maximum absolute atomic E-state index is 14.8. The number of para-hydroxylation sites is 1. The van der Waals surface area contributed by atoms with Crippen LogP contribution in [0, 0.1) is 11.8 Å². The van der Waals surface area contributed by atoms with Crippen LogP contribution in [0.3, 0.4) is 0 Å². The second-order valence-electron chi connectivity index (χ2n) is 16.0. The molecule has 2 bridgehead atoms. The van der Waals surface area contributed by atoms with E-state index in [1.807, 2.05) is 30.3 Å². The Bertz CT molecular complexity index is 2300. The molecule has 5 fully saturated rings. The van der Waals surface area contributed by atoms with Gasteiger partial charge in [-0.3, -0.25) is 24.6 Å². The van der Waals surface area contributed by atoms with Crippen molar-refractivity contribution in [1.82, 2.24) is 9.80 Å². The highest BCUT2D eigenvalue weighted by Gasteiger charge is 2.53. The Balaban J connectivity index is 0.00000199. The van der Waals surface area contributed by atoms with Gasteiger partial charge in [0.1, 0.15) is 21.0 Å². The lowest BCUT2D eigenvalue weighted by molar-refractivity contribution is -0.904. The second-order valence-corrected chi connectivity index (χ2v) is 18.1. The minimum absolute atomic E-state index is 0.00472. The van der Waals surface area contributed by atoms with E-state index >= 15 is 0 Å². The van der Waals surface area contributed by atoms with Crippen molar-refractivity contribution in [3.05, 3.63) is 117 Å². The fraction of sp³-hybridized carbons (Fsp3) is 0.400. The van der Waals surface area contributed by atoms with Crippen molar-refractivity contribution < 1.29 is 62.3 Å². The molecule has 1 aromatic heterocycles. The lowest BCUT2D eigenvalue weighted by Gasteiger charge is -2.45. The van der Waals surface area contributed by atoms with Crippen LogP contribution >= 0.6 is 35.0 Å². The van der Waals surface area contributed by atoms with Crippen molar-refractivity contribution in [1.29, 1.82) is 0 Å². The fourth-order valence-electron chi connectivity index (χ4n) is 8.60. The second kappa shape index (κ2) is 20.6. The number of nitrogens with zero attached hydrogens (tertiary/aromatic N) is 4. The lowest BCUT2D eigenvalue weighted by atomic mass is 9.83. The number of carbonyl (C=O) groups excluding carboxylic acids is 3. The van der Waals surface area contributed by atoms with Gasteiger partial charge in [-0.2, -0.15) is 8.78 Å². The van der Waals surface area contributed by atoms with Crippen LogP contribution in [0.25, 0.3) is 0 Å². The van der Waals surface area contributed by atoms with E-state index in [4.69, 9.17) is 47.3 Å². The summed E-state index contributed by atoms with van der Waals surface area (Å²) in [5, 5.41) is 30.9. The first-order valence-electron chi connectivity index (χ1n) is 20.7. The van der Waals surface area contributed by atoms with E-state index in [-0.39, 0.29) is 83.0 Å². The van der Waals surface area contributed by atoms with Crippen LogP contribution in [0.5, 0.6) is 11.5 Å². The van der Waals surface area contributed by atoms with Crippen molar-refractivity contribution in [3.63, 3.8) is 0 Å². The van der Waals surface area contributed by atoms with Crippen LogP contribution in [0.2, 0.25) is 10.0 Å². The van der Waals surface area contributed by atoms with Gasteiger partial charge in [-0.05, 0) is 105 Å². The monoisotopic (exact) mass is 942 g/mol. The predicted octanol–water partition coefficient (Wildman–Crippen LogP) is 6.51. The molecule has 19 heteroatoms. The van der Waals surface area contributed by atoms with Crippen molar-refractivity contribution in [2.24, 2.45) is 11.8 Å². The van der Waals surface area contributed by atoms with E-state index in [0.717, 1.165) is 50.5 Å². The van der Waals surface area contributed by atoms with Crippen LogP contribution < -0.4 is 24.2 Å². The first kappa shape index (κ1) is 46.6. The molecular weight excluding hydrogens is 897 g/mol. The number of thioether (sulfide) groups is 1. The molecule has 2 N–H and O–H groups in total. The van der Waals surface area contributed by atoms with Gasteiger partial charge in [0.05, 0.1) is 19.1 Å². The number of alkyl halides is 2. The Morgan fingerprint density at radius 2 is 1.67 bits per heavy atom. The predicted molar refractivity (Wildman–Crippen MR) is 230 cm³/mol. The Morgan fingerprint density at radius 3 is 2.30 bits per heavy atom. The standard InChI is InChI=1S/C44H44Cl2F2N4O8S.CH2O2/c45-35-23-50(57)24-36(46)33(35)21-34(30-11-12-37(59-42(47)48)38(20-30)58-26-27-9-10-27)44(41(54)55)52(17-18-61-44)40(53)31-6-4-5-28(19-31)22-51(32-7-2-1-3-8-32)43(56)60-39-25-49-15-13-29(39)14-16-49;2-1-3/h1-8,11-12,19-20,23-24,27,29,34,39,42H,9-10,13-18,21-22,25-26H2,(H-,54,55,57);1H,(H,2,3)/t34-,39-,44-;/m0./s1. The van der Waals surface area contributed by atoms with Crippen LogP contribution in [0.15, 0.2) is 85.2 Å². The number of benzene rings is 3. The number of pyridine rings is 1. The largest absolute Gasteiger partial charge is 0.547 e. The van der Waals surface area contributed by atoms with Gasteiger partial charge < -0.3 is 34.1 Å². The molecule has 1 aliphatic carbocycles. The maximum Gasteiger partial charge on any atom is 0.414 e. The summed E-state index contributed by atoms with van der Waals surface area (Å²) < 4.78 is 44.7. The van der Waals surface area contributed by atoms with Crippen molar-refractivity contribution >= 4 is 65.1 Å². The molecule has 0 spiro atoms. The molecule has 0 radical (unpaired) electrons. The Labute approximate surface area is 382 Å². The quantitative estimate of drug-likeness (QED) is 0.0754. The summed E-state index contributed by atoms with van der Waals surface area (Å²) in [5.41, 5.74) is 1.92. The summed E-state index contributed by atoms with van der Waals surface area (Å²) in [6.07, 6.45) is 5.23. The average Bonchev–Trinajstić information content (AvgIpc) is 4.00. The van der Waals surface area contributed by atoms with Crippen molar-refractivity contribution in [3.8, 4) is 11.5 Å². The van der Waals surface area contributed by atoms with E-state index < -0.39 is 35.4 Å². The van der Waals surface area contributed by atoms with Gasteiger partial charge in [0.15, 0.2) is 11.5 Å². The normalized spacial score (nSPS) is 21.6. The number of aromatic nitrogens is 1. The third-order valence-corrected chi connectivity index (χ3v) is 14.1. The van der Waals surface area contributed by atoms with E-state index in [1.165, 1.54) is 40.4 Å². The Kier molecular flexibility index (Phi) is 15.0. The smallest absolute Gasteiger partial charge is 0.414 e. The number of carboxylic acid groups (broad SMARTS) is 2. The number of carboxylic acids is 1. The molecule has 9 rings (SSSR count). The molecule has 3 aromatic carbocycles. The van der Waals surface area contributed by atoms with Gasteiger partial charge in [0.2, 0.25) is 12.4 Å². The van der Waals surface area contributed by atoms with Crippen molar-refractivity contribution in [2.75, 3.05) is 43.4 Å². The molecule has 4 aliphatic heterocycles. The van der Waals surface area contributed by atoms with Gasteiger partial charge in [-0.1, -0.05) is 59.6 Å². The minimum atomic E-state index is -3.16. The third-order valence-electron chi connectivity index (χ3n) is 11.9. The number of ether oxygens (including phenoxy) is 3. The molecular formula is C45H46Cl2F2N4O10S. The highest BCUT2D eigenvalue weighted by atomic mass is 35.5. The van der Waals surface area contributed by atoms with Gasteiger partial charge >= 0.3 is 12.7 Å². The SMILES string of the molecule is O=C(O[C@H]1CN2CCC1CC2)N(Cc1cccc(C(=O)N2CCS[C@]2(C(=O)[O-])[C@@H](Cc2c(Cl)c[n+](O)cc2Cl)c2ccc(OC(F)F)c(OCC3CC3)c2)c1)c1ccccc1.O=CO. The number of hydrogen-bond donors (Lipinski definition) is 2. The number of anilines is 1. The molecule has 5 aliphatic rings. The fourth-order valence-corrected chi connectivity index (χ4v) is 10.7. The highest BCUT2D eigenvalue weighted by Crippen LogP contribution is 2.51. The van der Waals surface area contributed by atoms with Gasteiger partial charge in [0, 0.05) is 46.3 Å². The topological polar surface area (TPSA) is 173 Å². The van der Waals surface area contributed by atoms with E-state index in [1.54, 1.807) is 24.3 Å². The number of fused-ring (bicyclic) bond motifs is 3. The molecule has 0 unspecified atom stereocenters. The first-order valence-corrected chi connectivity index (χ1v) is 22.4. The Morgan fingerprint density at radius 1 is 0.969 bits per heavy atom. The van der Waals surface area contributed by atoms with E-state index in [9.17, 15) is 33.5 Å². The Hall–Kier alpha value is -5.36. The summed E-state index contributed by atoms with van der Waals surface area (Å²) >= 11 is 14.2. The summed E-state index contributed by atoms with van der Waals surface area (Å²) in [6, 6.07) is 19.9. The van der Waals surface area contributed by atoms with Crippen LogP contribution in [-0.2, 0) is 27.3 Å². The minimum Gasteiger partial charge on any atom is -0.547 e. The molecule has 3 atom stereocenters. The summed E-state index contributed by atoms with van der Waals surface area (Å²) in [4.78, 5) is 53.9. The zero-order valence-electron chi connectivity index (χ0n) is 34.4. The first-order chi connectivity index (χ1) is 30.8. The molecule has 340 valence electrons. The molecule has 14 nitrogen and oxygen atoms in total. The molecule has 1 saturated carbocycles. The van der Waals surface area contributed by atoms with Crippen molar-refractivity contribution in [2.45, 2.75) is 62.2 Å². The van der Waals surface area contributed by atoms with E-state index in [0.29, 0.717) is 34.0 Å². The molecule has 4 aromatic rings. The number of amides is 2. The van der Waals surface area contributed by atoms with E-state index in [2.05, 4.69) is 4.90 Å². The van der Waals surface area contributed by atoms with Gasteiger partial charge in [0.25, 0.3) is 12.4 Å². The number of hydrogen-bond acceptors (Lipinski definition) is 11. The third kappa shape index (κ3) is 10.6.